The van der Waals surface area contributed by atoms with Crippen molar-refractivity contribution in [1.29, 1.82) is 0 Å². The molecule has 3 nitrogen and oxygen atoms in total. The van der Waals surface area contributed by atoms with Gasteiger partial charge in [0.1, 0.15) is 0 Å². The standard InChI is InChI=1S/C15H31NO2/c1-11(2)8-12(3)18-10-15(17)9-16-13(4)14-6-5-7-14/h11-17H,5-10H2,1-4H3. The van der Waals surface area contributed by atoms with Crippen molar-refractivity contribution >= 4 is 0 Å². The van der Waals surface area contributed by atoms with Crippen LogP contribution in [0.2, 0.25) is 0 Å². The van der Waals surface area contributed by atoms with Crippen LogP contribution in [-0.4, -0.2) is 36.5 Å². The SMILES string of the molecule is CC(C)CC(C)OCC(O)CNC(C)C1CCC1. The lowest BCUT2D eigenvalue weighted by Gasteiger charge is -2.32. The molecule has 0 bridgehead atoms. The van der Waals surface area contributed by atoms with E-state index in [0.29, 0.717) is 25.1 Å². The summed E-state index contributed by atoms with van der Waals surface area (Å²) in [6.45, 7) is 9.77. The van der Waals surface area contributed by atoms with Gasteiger partial charge in [0.15, 0.2) is 0 Å². The first-order chi connectivity index (χ1) is 8.49. The largest absolute Gasteiger partial charge is 0.389 e. The molecule has 3 unspecified atom stereocenters. The zero-order valence-corrected chi connectivity index (χ0v) is 12.5. The number of hydrogen-bond donors (Lipinski definition) is 2. The molecule has 1 saturated carbocycles. The molecule has 1 rings (SSSR count). The van der Waals surface area contributed by atoms with Crippen LogP contribution in [0, 0.1) is 11.8 Å². The number of ether oxygens (including phenoxy) is 1. The Bertz CT molecular complexity index is 217. The van der Waals surface area contributed by atoms with Crippen molar-refractivity contribution in [2.75, 3.05) is 13.2 Å². The summed E-state index contributed by atoms with van der Waals surface area (Å²) in [5, 5.41) is 13.3. The van der Waals surface area contributed by atoms with Crippen molar-refractivity contribution in [1.82, 2.24) is 5.32 Å². The molecular formula is C15H31NO2. The Morgan fingerprint density at radius 2 is 1.89 bits per heavy atom. The third-order valence-electron chi connectivity index (χ3n) is 3.91. The number of aliphatic hydroxyl groups excluding tert-OH is 1. The van der Waals surface area contributed by atoms with Gasteiger partial charge < -0.3 is 15.2 Å². The van der Waals surface area contributed by atoms with Gasteiger partial charge in [-0.1, -0.05) is 20.3 Å². The van der Waals surface area contributed by atoms with Crippen LogP contribution in [0.1, 0.15) is 53.4 Å². The Labute approximate surface area is 112 Å². The number of rotatable bonds is 9. The van der Waals surface area contributed by atoms with E-state index in [4.69, 9.17) is 4.74 Å². The van der Waals surface area contributed by atoms with Gasteiger partial charge >= 0.3 is 0 Å². The molecule has 0 aromatic heterocycles. The summed E-state index contributed by atoms with van der Waals surface area (Å²) in [6.07, 6.45) is 4.96. The zero-order valence-electron chi connectivity index (χ0n) is 12.5. The molecule has 0 aromatic carbocycles. The van der Waals surface area contributed by atoms with Gasteiger partial charge in [-0.25, -0.2) is 0 Å². The van der Waals surface area contributed by atoms with E-state index in [0.717, 1.165) is 12.3 Å². The van der Waals surface area contributed by atoms with Gasteiger partial charge in [-0.2, -0.15) is 0 Å². The van der Waals surface area contributed by atoms with E-state index in [1.165, 1.54) is 19.3 Å². The summed E-state index contributed by atoms with van der Waals surface area (Å²) in [6, 6.07) is 0.529. The average Bonchev–Trinajstić information content (AvgIpc) is 2.20. The van der Waals surface area contributed by atoms with Crippen molar-refractivity contribution in [3.05, 3.63) is 0 Å². The summed E-state index contributed by atoms with van der Waals surface area (Å²) in [4.78, 5) is 0. The lowest BCUT2D eigenvalue weighted by atomic mass is 9.80. The van der Waals surface area contributed by atoms with Crippen molar-refractivity contribution in [2.45, 2.75) is 71.6 Å². The van der Waals surface area contributed by atoms with Crippen molar-refractivity contribution in [3.63, 3.8) is 0 Å². The Kier molecular flexibility index (Phi) is 7.20. The lowest BCUT2D eigenvalue weighted by molar-refractivity contribution is -0.0101. The minimum absolute atomic E-state index is 0.240. The fourth-order valence-corrected chi connectivity index (χ4v) is 2.49. The Balaban J connectivity index is 2.03. The number of nitrogens with one attached hydrogen (secondary N) is 1. The van der Waals surface area contributed by atoms with Crippen LogP contribution < -0.4 is 5.32 Å². The van der Waals surface area contributed by atoms with E-state index >= 15 is 0 Å². The predicted octanol–water partition coefficient (Wildman–Crippen LogP) is 2.58. The number of aliphatic hydroxyl groups is 1. The second kappa shape index (κ2) is 8.13. The molecule has 1 fully saturated rings. The topological polar surface area (TPSA) is 41.5 Å². The normalized spacial score (nSPS) is 21.7. The molecule has 108 valence electrons. The van der Waals surface area contributed by atoms with Gasteiger partial charge in [0.05, 0.1) is 18.8 Å². The quantitative estimate of drug-likeness (QED) is 0.667. The molecule has 0 amide bonds. The molecule has 0 saturated heterocycles. The summed E-state index contributed by atoms with van der Waals surface area (Å²) in [5.41, 5.74) is 0. The highest BCUT2D eigenvalue weighted by Crippen LogP contribution is 2.29. The maximum atomic E-state index is 9.87. The summed E-state index contributed by atoms with van der Waals surface area (Å²) in [7, 11) is 0. The van der Waals surface area contributed by atoms with Gasteiger partial charge in [-0.3, -0.25) is 0 Å². The Hall–Kier alpha value is -0.120. The zero-order chi connectivity index (χ0) is 13.5. The molecule has 18 heavy (non-hydrogen) atoms. The molecule has 3 atom stereocenters. The molecule has 0 heterocycles. The third kappa shape index (κ3) is 6.17. The van der Waals surface area contributed by atoms with Crippen molar-refractivity contribution < 1.29 is 9.84 Å². The third-order valence-corrected chi connectivity index (χ3v) is 3.91. The smallest absolute Gasteiger partial charge is 0.0897 e. The van der Waals surface area contributed by atoms with E-state index in [2.05, 4.69) is 33.0 Å². The highest BCUT2D eigenvalue weighted by molar-refractivity contribution is 4.80. The average molecular weight is 257 g/mol. The van der Waals surface area contributed by atoms with Gasteiger partial charge in [0, 0.05) is 12.6 Å². The minimum atomic E-state index is -0.387. The van der Waals surface area contributed by atoms with Crippen LogP contribution in [0.3, 0.4) is 0 Å². The highest BCUT2D eigenvalue weighted by atomic mass is 16.5. The van der Waals surface area contributed by atoms with Crippen LogP contribution in [0.25, 0.3) is 0 Å². The van der Waals surface area contributed by atoms with Gasteiger partial charge in [0.25, 0.3) is 0 Å². The second-order valence-electron chi connectivity index (χ2n) is 6.32. The maximum absolute atomic E-state index is 9.87. The van der Waals surface area contributed by atoms with Gasteiger partial charge in [-0.15, -0.1) is 0 Å². The van der Waals surface area contributed by atoms with Crippen molar-refractivity contribution in [3.8, 4) is 0 Å². The monoisotopic (exact) mass is 257 g/mol. The molecule has 0 radical (unpaired) electrons. The van der Waals surface area contributed by atoms with E-state index in [1.807, 2.05) is 0 Å². The fraction of sp³-hybridized carbons (Fsp3) is 1.00. The second-order valence-corrected chi connectivity index (χ2v) is 6.32. The first-order valence-corrected chi connectivity index (χ1v) is 7.52. The fourth-order valence-electron chi connectivity index (χ4n) is 2.49. The molecule has 1 aliphatic carbocycles. The van der Waals surface area contributed by atoms with Crippen LogP contribution in [-0.2, 0) is 4.74 Å². The molecule has 2 N–H and O–H groups in total. The molecule has 0 spiro atoms. The van der Waals surface area contributed by atoms with E-state index in [-0.39, 0.29) is 12.2 Å². The molecule has 1 aliphatic rings. The minimum Gasteiger partial charge on any atom is -0.389 e. The maximum Gasteiger partial charge on any atom is 0.0897 e. The first-order valence-electron chi connectivity index (χ1n) is 7.52. The van der Waals surface area contributed by atoms with E-state index in [9.17, 15) is 5.11 Å². The summed E-state index contributed by atoms with van der Waals surface area (Å²) in [5.74, 6) is 1.46. The number of hydrogen-bond acceptors (Lipinski definition) is 3. The van der Waals surface area contributed by atoms with Crippen LogP contribution in [0.4, 0.5) is 0 Å². The lowest BCUT2D eigenvalue weighted by Crippen LogP contribution is -2.42. The Morgan fingerprint density at radius 3 is 2.39 bits per heavy atom. The van der Waals surface area contributed by atoms with Crippen molar-refractivity contribution in [2.24, 2.45) is 11.8 Å². The summed E-state index contributed by atoms with van der Waals surface area (Å²) < 4.78 is 5.66. The van der Waals surface area contributed by atoms with Crippen LogP contribution in [0.15, 0.2) is 0 Å². The molecular weight excluding hydrogens is 226 g/mol. The molecule has 0 aliphatic heterocycles. The van der Waals surface area contributed by atoms with Crippen LogP contribution >= 0.6 is 0 Å². The van der Waals surface area contributed by atoms with E-state index in [1.54, 1.807) is 0 Å². The van der Waals surface area contributed by atoms with Gasteiger partial charge in [0.2, 0.25) is 0 Å². The Morgan fingerprint density at radius 1 is 1.22 bits per heavy atom. The first kappa shape index (κ1) is 15.9. The molecule has 3 heteroatoms. The highest BCUT2D eigenvalue weighted by Gasteiger charge is 2.23. The summed E-state index contributed by atoms with van der Waals surface area (Å²) >= 11 is 0. The van der Waals surface area contributed by atoms with E-state index < -0.39 is 0 Å². The molecule has 0 aromatic rings. The predicted molar refractivity (Wildman–Crippen MR) is 75.7 cm³/mol. The van der Waals surface area contributed by atoms with Gasteiger partial charge in [-0.05, 0) is 44.9 Å². The van der Waals surface area contributed by atoms with Crippen LogP contribution in [0.5, 0.6) is 0 Å².